The van der Waals surface area contributed by atoms with Gasteiger partial charge in [0.1, 0.15) is 5.82 Å². The zero-order valence-corrected chi connectivity index (χ0v) is 20.2. The van der Waals surface area contributed by atoms with Crippen LogP contribution in [0.25, 0.3) is 0 Å². The van der Waals surface area contributed by atoms with Crippen molar-refractivity contribution in [2.75, 3.05) is 51.7 Å². The van der Waals surface area contributed by atoms with Gasteiger partial charge in [0.2, 0.25) is 0 Å². The molecule has 0 saturated carbocycles. The standard InChI is InChI=1S/C22H30N6O.HI/c1-4-23-22(25-17-18-8-10-19(11-9-18)21(29)26(2)3)28-15-13-27(14-16-28)20-7-5-6-12-24-20;/h5-12H,4,13-17H2,1-3H3,(H,23,25);1H. The maximum atomic E-state index is 12.0. The van der Waals surface area contributed by atoms with Crippen LogP contribution in [0.5, 0.6) is 0 Å². The number of amides is 1. The molecular formula is C22H31IN6O. The molecule has 1 aliphatic heterocycles. The van der Waals surface area contributed by atoms with Crippen LogP contribution in [0.1, 0.15) is 22.8 Å². The number of anilines is 1. The summed E-state index contributed by atoms with van der Waals surface area (Å²) in [6.07, 6.45) is 1.84. The van der Waals surface area contributed by atoms with Gasteiger partial charge in [0.05, 0.1) is 6.54 Å². The number of pyridine rings is 1. The van der Waals surface area contributed by atoms with Gasteiger partial charge in [-0.2, -0.15) is 0 Å². The van der Waals surface area contributed by atoms with Crippen LogP contribution < -0.4 is 10.2 Å². The molecule has 30 heavy (non-hydrogen) atoms. The minimum absolute atomic E-state index is 0. The number of guanidine groups is 1. The van der Waals surface area contributed by atoms with E-state index in [0.29, 0.717) is 12.1 Å². The number of hydrogen-bond acceptors (Lipinski definition) is 4. The number of halogens is 1. The summed E-state index contributed by atoms with van der Waals surface area (Å²) in [5, 5.41) is 3.40. The lowest BCUT2D eigenvalue weighted by molar-refractivity contribution is 0.0827. The molecule has 1 aromatic heterocycles. The summed E-state index contributed by atoms with van der Waals surface area (Å²) < 4.78 is 0. The van der Waals surface area contributed by atoms with Crippen LogP contribution >= 0.6 is 24.0 Å². The van der Waals surface area contributed by atoms with E-state index in [2.05, 4.69) is 33.1 Å². The molecule has 1 aliphatic rings. The molecule has 1 amide bonds. The fourth-order valence-corrected chi connectivity index (χ4v) is 3.29. The molecule has 2 aromatic rings. The van der Waals surface area contributed by atoms with Crippen molar-refractivity contribution in [1.29, 1.82) is 0 Å². The summed E-state index contributed by atoms with van der Waals surface area (Å²) in [5.74, 6) is 1.97. The first-order valence-corrected chi connectivity index (χ1v) is 10.1. The molecule has 0 radical (unpaired) electrons. The van der Waals surface area contributed by atoms with E-state index in [1.165, 1.54) is 0 Å². The first kappa shape index (κ1) is 23.9. The maximum absolute atomic E-state index is 12.0. The van der Waals surface area contributed by atoms with Crippen molar-refractivity contribution < 1.29 is 4.79 Å². The van der Waals surface area contributed by atoms with E-state index in [-0.39, 0.29) is 29.9 Å². The molecule has 0 spiro atoms. The molecule has 1 fully saturated rings. The number of carbonyl (C=O) groups is 1. The molecule has 162 valence electrons. The Bertz CT molecular complexity index is 817. The maximum Gasteiger partial charge on any atom is 0.253 e. The minimum Gasteiger partial charge on any atom is -0.357 e. The summed E-state index contributed by atoms with van der Waals surface area (Å²) in [5.41, 5.74) is 1.78. The smallest absolute Gasteiger partial charge is 0.253 e. The Labute approximate surface area is 196 Å². The molecule has 7 nitrogen and oxygen atoms in total. The average Bonchev–Trinajstić information content (AvgIpc) is 2.77. The fourth-order valence-electron chi connectivity index (χ4n) is 3.29. The zero-order valence-electron chi connectivity index (χ0n) is 17.9. The van der Waals surface area contributed by atoms with Crippen molar-refractivity contribution in [1.82, 2.24) is 20.1 Å². The van der Waals surface area contributed by atoms with Crippen molar-refractivity contribution in [2.24, 2.45) is 4.99 Å². The van der Waals surface area contributed by atoms with Gasteiger partial charge in [-0.15, -0.1) is 24.0 Å². The first-order valence-electron chi connectivity index (χ1n) is 10.1. The zero-order chi connectivity index (χ0) is 20.6. The van der Waals surface area contributed by atoms with Gasteiger partial charge in [-0.25, -0.2) is 9.98 Å². The highest BCUT2D eigenvalue weighted by molar-refractivity contribution is 14.0. The Morgan fingerprint density at radius 1 is 1.10 bits per heavy atom. The highest BCUT2D eigenvalue weighted by Gasteiger charge is 2.20. The van der Waals surface area contributed by atoms with Crippen LogP contribution in [-0.4, -0.2) is 73.5 Å². The van der Waals surface area contributed by atoms with Crippen molar-refractivity contribution in [3.8, 4) is 0 Å². The number of aromatic nitrogens is 1. The first-order chi connectivity index (χ1) is 14.1. The third-order valence-electron chi connectivity index (χ3n) is 4.91. The van der Waals surface area contributed by atoms with Gasteiger partial charge in [0.25, 0.3) is 5.91 Å². The second kappa shape index (κ2) is 11.7. The number of hydrogen-bond donors (Lipinski definition) is 1. The normalized spacial score (nSPS) is 14.2. The van der Waals surface area contributed by atoms with E-state index < -0.39 is 0 Å². The number of nitrogens with one attached hydrogen (secondary N) is 1. The highest BCUT2D eigenvalue weighted by atomic mass is 127. The molecule has 1 aromatic carbocycles. The summed E-state index contributed by atoms with van der Waals surface area (Å²) in [4.78, 5) is 27.5. The summed E-state index contributed by atoms with van der Waals surface area (Å²) in [7, 11) is 3.52. The SMILES string of the molecule is CCNC(=NCc1ccc(C(=O)N(C)C)cc1)N1CCN(c2ccccn2)CC1.I. The van der Waals surface area contributed by atoms with Crippen LogP contribution in [0.3, 0.4) is 0 Å². The molecular weight excluding hydrogens is 491 g/mol. The number of rotatable bonds is 5. The van der Waals surface area contributed by atoms with E-state index in [1.54, 1.807) is 19.0 Å². The van der Waals surface area contributed by atoms with Gasteiger partial charge in [-0.05, 0) is 36.8 Å². The number of aliphatic imine (C=N–C) groups is 1. The van der Waals surface area contributed by atoms with E-state index >= 15 is 0 Å². The second-order valence-corrected chi connectivity index (χ2v) is 7.23. The van der Waals surface area contributed by atoms with Crippen LogP contribution in [0.15, 0.2) is 53.7 Å². The number of benzene rings is 1. The average molecular weight is 522 g/mol. The molecule has 0 unspecified atom stereocenters. The van der Waals surface area contributed by atoms with E-state index in [4.69, 9.17) is 4.99 Å². The monoisotopic (exact) mass is 522 g/mol. The largest absolute Gasteiger partial charge is 0.357 e. The Morgan fingerprint density at radius 3 is 2.37 bits per heavy atom. The van der Waals surface area contributed by atoms with E-state index in [0.717, 1.165) is 50.1 Å². The topological polar surface area (TPSA) is 64.1 Å². The Hall–Kier alpha value is -2.36. The predicted octanol–water partition coefficient (Wildman–Crippen LogP) is 2.69. The Kier molecular flexibility index (Phi) is 9.35. The number of nitrogens with zero attached hydrogens (tertiary/aromatic N) is 5. The third kappa shape index (κ3) is 6.32. The molecule has 0 atom stereocenters. The molecule has 3 rings (SSSR count). The van der Waals surface area contributed by atoms with Crippen molar-refractivity contribution in [3.05, 3.63) is 59.8 Å². The van der Waals surface area contributed by atoms with Gasteiger partial charge >= 0.3 is 0 Å². The van der Waals surface area contributed by atoms with Crippen LogP contribution in [0, 0.1) is 0 Å². The van der Waals surface area contributed by atoms with Gasteiger partial charge in [-0.1, -0.05) is 18.2 Å². The summed E-state index contributed by atoms with van der Waals surface area (Å²) in [6.45, 7) is 7.14. The van der Waals surface area contributed by atoms with Gasteiger partial charge in [-0.3, -0.25) is 4.79 Å². The molecule has 0 aliphatic carbocycles. The van der Waals surface area contributed by atoms with E-state index in [9.17, 15) is 4.79 Å². The molecule has 0 bridgehead atoms. The van der Waals surface area contributed by atoms with Crippen molar-refractivity contribution >= 4 is 41.7 Å². The van der Waals surface area contributed by atoms with Gasteiger partial charge in [0, 0.05) is 58.6 Å². The molecule has 2 heterocycles. The lowest BCUT2D eigenvalue weighted by Gasteiger charge is -2.37. The second-order valence-electron chi connectivity index (χ2n) is 7.23. The molecule has 1 N–H and O–H groups in total. The van der Waals surface area contributed by atoms with Crippen LogP contribution in [-0.2, 0) is 6.54 Å². The Balaban J connectivity index is 0.00000320. The quantitative estimate of drug-likeness (QED) is 0.372. The van der Waals surface area contributed by atoms with Gasteiger partial charge in [0.15, 0.2) is 5.96 Å². The highest BCUT2D eigenvalue weighted by Crippen LogP contribution is 2.13. The van der Waals surface area contributed by atoms with E-state index in [1.807, 2.05) is 42.6 Å². The molecule has 8 heteroatoms. The van der Waals surface area contributed by atoms with Crippen molar-refractivity contribution in [3.63, 3.8) is 0 Å². The van der Waals surface area contributed by atoms with Crippen LogP contribution in [0.2, 0.25) is 0 Å². The third-order valence-corrected chi connectivity index (χ3v) is 4.91. The molecule has 1 saturated heterocycles. The fraction of sp³-hybridized carbons (Fsp3) is 0.409. The van der Waals surface area contributed by atoms with Crippen molar-refractivity contribution in [2.45, 2.75) is 13.5 Å². The number of piperazine rings is 1. The summed E-state index contributed by atoms with van der Waals surface area (Å²) >= 11 is 0. The van der Waals surface area contributed by atoms with Crippen LogP contribution in [0.4, 0.5) is 5.82 Å². The predicted molar refractivity (Wildman–Crippen MR) is 133 cm³/mol. The lowest BCUT2D eigenvalue weighted by atomic mass is 10.1. The number of carbonyl (C=O) groups excluding carboxylic acids is 1. The minimum atomic E-state index is 0. The lowest BCUT2D eigenvalue weighted by Crippen LogP contribution is -2.52. The Morgan fingerprint density at radius 2 is 1.80 bits per heavy atom. The summed E-state index contributed by atoms with van der Waals surface area (Å²) in [6, 6.07) is 13.7. The van der Waals surface area contributed by atoms with Gasteiger partial charge < -0.3 is 20.0 Å².